The molecule has 2 aromatic carbocycles. The highest BCUT2D eigenvalue weighted by atomic mass is 28.4. The maximum Gasteiger partial charge on any atom is 0.312 e. The first-order chi connectivity index (χ1) is 16.1. The predicted octanol–water partition coefficient (Wildman–Crippen LogP) is 4.06. The van der Waals surface area contributed by atoms with Gasteiger partial charge in [0.05, 0.1) is 31.8 Å². The number of carbonyl (C=O) groups is 1. The van der Waals surface area contributed by atoms with Gasteiger partial charge in [-0.05, 0) is 29.3 Å². The van der Waals surface area contributed by atoms with Gasteiger partial charge in [0.15, 0.2) is 5.79 Å². The number of rotatable bonds is 5. The molecule has 2 aliphatic rings. The van der Waals surface area contributed by atoms with E-state index in [1.807, 2.05) is 38.1 Å². The Morgan fingerprint density at radius 1 is 0.971 bits per heavy atom. The van der Waals surface area contributed by atoms with Gasteiger partial charge in [0.1, 0.15) is 0 Å². The highest BCUT2D eigenvalue weighted by molar-refractivity contribution is 6.99. The van der Waals surface area contributed by atoms with Crippen molar-refractivity contribution in [3.05, 3.63) is 72.8 Å². The summed E-state index contributed by atoms with van der Waals surface area (Å²) in [6.45, 7) is 10.9. The molecule has 1 aliphatic heterocycles. The van der Waals surface area contributed by atoms with E-state index in [1.54, 1.807) is 0 Å². The smallest absolute Gasteiger partial charge is 0.312 e. The number of carbonyl (C=O) groups excluding carboxylic acids is 1. The van der Waals surface area contributed by atoms with Gasteiger partial charge in [-0.15, -0.1) is 0 Å². The molecule has 0 unspecified atom stereocenters. The molecule has 182 valence electrons. The van der Waals surface area contributed by atoms with Crippen LogP contribution in [-0.4, -0.2) is 46.0 Å². The second-order valence-electron chi connectivity index (χ2n) is 10.6. The topological polar surface area (TPSA) is 54.0 Å². The molecule has 1 fully saturated rings. The largest absolute Gasteiger partial charge is 0.469 e. The van der Waals surface area contributed by atoms with Crippen LogP contribution < -0.4 is 10.4 Å². The van der Waals surface area contributed by atoms with E-state index in [0.717, 1.165) is 0 Å². The SMILES string of the molecule is COC(=O)[C@@H]1[C@H]2COC(C)(C)O[C@H]2C=C[C@H]1O[Si](c1ccccc1)(c1ccccc1)C(C)(C)C. The summed E-state index contributed by atoms with van der Waals surface area (Å²) in [5, 5.41) is 2.14. The monoisotopic (exact) mass is 480 g/mol. The summed E-state index contributed by atoms with van der Waals surface area (Å²) in [6, 6.07) is 20.9. The summed E-state index contributed by atoms with van der Waals surface area (Å²) >= 11 is 0. The van der Waals surface area contributed by atoms with Crippen molar-refractivity contribution in [3.63, 3.8) is 0 Å². The van der Waals surface area contributed by atoms with E-state index in [9.17, 15) is 4.79 Å². The third-order valence-electron chi connectivity index (χ3n) is 6.97. The van der Waals surface area contributed by atoms with Gasteiger partial charge >= 0.3 is 5.97 Å². The molecule has 0 radical (unpaired) electrons. The lowest BCUT2D eigenvalue weighted by Crippen LogP contribution is -2.69. The Hall–Kier alpha value is -2.25. The third-order valence-corrected chi connectivity index (χ3v) is 12.0. The van der Waals surface area contributed by atoms with E-state index in [2.05, 4.69) is 69.3 Å². The van der Waals surface area contributed by atoms with Crippen LogP contribution in [0.1, 0.15) is 34.6 Å². The fraction of sp³-hybridized carbons (Fsp3) is 0.464. The van der Waals surface area contributed by atoms with Crippen LogP contribution in [0.25, 0.3) is 0 Å². The Balaban J connectivity index is 1.84. The number of benzene rings is 2. The van der Waals surface area contributed by atoms with Gasteiger partial charge in [-0.25, -0.2) is 0 Å². The molecule has 0 spiro atoms. The zero-order valence-corrected chi connectivity index (χ0v) is 22.0. The Bertz CT molecular complexity index is 973. The van der Waals surface area contributed by atoms with Crippen molar-refractivity contribution in [1.82, 2.24) is 0 Å². The van der Waals surface area contributed by atoms with Crippen LogP contribution in [0, 0.1) is 11.8 Å². The molecule has 2 aromatic rings. The molecule has 0 amide bonds. The van der Waals surface area contributed by atoms with Crippen molar-refractivity contribution in [1.29, 1.82) is 0 Å². The van der Waals surface area contributed by atoms with Crippen molar-refractivity contribution in [3.8, 4) is 0 Å². The maximum absolute atomic E-state index is 13.2. The van der Waals surface area contributed by atoms with Crippen LogP contribution in [0.3, 0.4) is 0 Å². The minimum atomic E-state index is -2.86. The Morgan fingerprint density at radius 3 is 2.03 bits per heavy atom. The molecule has 4 atom stereocenters. The minimum absolute atomic E-state index is 0.186. The van der Waals surface area contributed by atoms with Crippen LogP contribution >= 0.6 is 0 Å². The molecule has 6 heteroatoms. The van der Waals surface area contributed by atoms with Gasteiger partial charge in [-0.3, -0.25) is 4.79 Å². The molecule has 5 nitrogen and oxygen atoms in total. The maximum atomic E-state index is 13.2. The number of hydrogen-bond acceptors (Lipinski definition) is 5. The summed E-state index contributed by atoms with van der Waals surface area (Å²) in [6.07, 6.45) is 3.35. The quantitative estimate of drug-likeness (QED) is 0.367. The lowest BCUT2D eigenvalue weighted by molar-refractivity contribution is -0.292. The molecule has 34 heavy (non-hydrogen) atoms. The van der Waals surface area contributed by atoms with Gasteiger partial charge in [0, 0.05) is 5.92 Å². The summed E-state index contributed by atoms with van der Waals surface area (Å²) in [5.74, 6) is -1.71. The second-order valence-corrected chi connectivity index (χ2v) is 14.9. The summed E-state index contributed by atoms with van der Waals surface area (Å²) < 4.78 is 24.7. The molecule has 0 aromatic heterocycles. The fourth-order valence-electron chi connectivity index (χ4n) is 5.37. The van der Waals surface area contributed by atoms with Crippen LogP contribution in [0.15, 0.2) is 72.8 Å². The highest BCUT2D eigenvalue weighted by Gasteiger charge is 2.55. The van der Waals surface area contributed by atoms with Crippen molar-refractivity contribution in [2.45, 2.75) is 57.7 Å². The zero-order chi connectivity index (χ0) is 24.6. The van der Waals surface area contributed by atoms with Gasteiger partial charge in [0.25, 0.3) is 8.32 Å². The molecule has 0 bridgehead atoms. The van der Waals surface area contributed by atoms with Crippen molar-refractivity contribution < 1.29 is 23.4 Å². The van der Waals surface area contributed by atoms with E-state index in [4.69, 9.17) is 18.6 Å². The number of esters is 1. The Kier molecular flexibility index (Phi) is 6.89. The summed E-state index contributed by atoms with van der Waals surface area (Å²) in [5.41, 5.74) is 0. The highest BCUT2D eigenvalue weighted by Crippen LogP contribution is 2.42. The number of methoxy groups -OCH3 is 1. The molecule has 0 N–H and O–H groups in total. The molecule has 1 aliphatic carbocycles. The standard InChI is InChI=1S/C28H36O5Si/c1-27(2,3)34(20-13-9-7-10-14-20,21-15-11-8-12-16-21)33-24-18-17-23-22(25(24)26(29)30-6)19-31-28(4,5)32-23/h7-18,22-25H,19H2,1-6H3/t22-,23-,24+,25+/m0/s1. The first-order valence-corrected chi connectivity index (χ1v) is 13.9. The average molecular weight is 481 g/mol. The van der Waals surface area contributed by atoms with Crippen molar-refractivity contribution >= 4 is 24.7 Å². The first-order valence-electron chi connectivity index (χ1n) is 12.0. The number of ether oxygens (including phenoxy) is 3. The van der Waals surface area contributed by atoms with Gasteiger partial charge in [-0.2, -0.15) is 0 Å². The lowest BCUT2D eigenvalue weighted by Gasteiger charge is -2.49. The van der Waals surface area contributed by atoms with Gasteiger partial charge < -0.3 is 18.6 Å². The van der Waals surface area contributed by atoms with Crippen LogP contribution in [-0.2, 0) is 23.4 Å². The molecule has 1 heterocycles. The predicted molar refractivity (Wildman–Crippen MR) is 136 cm³/mol. The Labute approximate surface area is 204 Å². The fourth-order valence-corrected chi connectivity index (χ4v) is 10.0. The van der Waals surface area contributed by atoms with E-state index in [0.29, 0.717) is 6.61 Å². The molecule has 1 saturated heterocycles. The van der Waals surface area contributed by atoms with Gasteiger partial charge in [0.2, 0.25) is 0 Å². The average Bonchev–Trinajstić information content (AvgIpc) is 2.81. The third kappa shape index (κ3) is 4.52. The number of hydrogen-bond donors (Lipinski definition) is 0. The summed E-state index contributed by atoms with van der Waals surface area (Å²) in [4.78, 5) is 13.2. The minimum Gasteiger partial charge on any atom is -0.469 e. The molecular formula is C28H36O5Si. The van der Waals surface area contributed by atoms with Crippen molar-refractivity contribution in [2.24, 2.45) is 11.8 Å². The van der Waals surface area contributed by atoms with Crippen LogP contribution in [0.2, 0.25) is 5.04 Å². The van der Waals surface area contributed by atoms with E-state index in [-0.39, 0.29) is 23.0 Å². The van der Waals surface area contributed by atoms with Gasteiger partial charge in [-0.1, -0.05) is 93.6 Å². The van der Waals surface area contributed by atoms with E-state index < -0.39 is 26.1 Å². The van der Waals surface area contributed by atoms with Crippen LogP contribution in [0.4, 0.5) is 0 Å². The van der Waals surface area contributed by atoms with Crippen LogP contribution in [0.5, 0.6) is 0 Å². The molecule has 4 rings (SSSR count). The second kappa shape index (κ2) is 9.42. The normalized spacial score (nSPS) is 26.5. The first kappa shape index (κ1) is 24.9. The van der Waals surface area contributed by atoms with E-state index >= 15 is 0 Å². The molecular weight excluding hydrogens is 444 g/mol. The Morgan fingerprint density at radius 2 is 1.53 bits per heavy atom. The van der Waals surface area contributed by atoms with Crippen molar-refractivity contribution in [2.75, 3.05) is 13.7 Å². The van der Waals surface area contributed by atoms with E-state index in [1.165, 1.54) is 17.5 Å². The zero-order valence-electron chi connectivity index (χ0n) is 21.0. The lowest BCUT2D eigenvalue weighted by atomic mass is 9.79. The number of fused-ring (bicyclic) bond motifs is 1. The molecule has 0 saturated carbocycles. The summed E-state index contributed by atoms with van der Waals surface area (Å²) in [7, 11) is -1.43.